The Morgan fingerprint density at radius 2 is 1.86 bits per heavy atom. The average Bonchev–Trinajstić information content (AvgIpc) is 2.95. The third kappa shape index (κ3) is 3.31. The Hall–Kier alpha value is -3.06. The number of fused-ring (bicyclic) bond motifs is 2. The molecule has 7 heteroatoms. The molecular formula is C22H20F2N2O3. The van der Waals surface area contributed by atoms with Crippen LogP contribution in [0.25, 0.3) is 11.0 Å². The van der Waals surface area contributed by atoms with E-state index in [-0.39, 0.29) is 27.9 Å². The largest absolute Gasteiger partial charge is 0.450 e. The van der Waals surface area contributed by atoms with E-state index in [1.807, 2.05) is 19.0 Å². The lowest BCUT2D eigenvalue weighted by Gasteiger charge is -2.26. The lowest BCUT2D eigenvalue weighted by molar-refractivity contribution is 0.0720. The minimum Gasteiger partial charge on any atom is -0.450 e. The van der Waals surface area contributed by atoms with Crippen LogP contribution in [-0.4, -0.2) is 42.9 Å². The summed E-state index contributed by atoms with van der Waals surface area (Å²) in [5, 5.41) is 0.0352. The summed E-state index contributed by atoms with van der Waals surface area (Å²) in [4.78, 5) is 29.8. The van der Waals surface area contributed by atoms with Gasteiger partial charge in [-0.2, -0.15) is 0 Å². The SMILES string of the molecule is CN(C)CCCN1C(=O)c2oc3ccc(F)cc3c(=O)c2[C@H]1c1ccccc1F. The zero-order valence-electron chi connectivity index (χ0n) is 16.1. The maximum atomic E-state index is 14.7. The van der Waals surface area contributed by atoms with Crippen molar-refractivity contribution in [3.63, 3.8) is 0 Å². The number of benzene rings is 2. The van der Waals surface area contributed by atoms with E-state index >= 15 is 0 Å². The minimum atomic E-state index is -0.912. The Morgan fingerprint density at radius 1 is 1.10 bits per heavy atom. The highest BCUT2D eigenvalue weighted by Crippen LogP contribution is 2.39. The zero-order chi connectivity index (χ0) is 20.7. The van der Waals surface area contributed by atoms with Crippen LogP contribution in [0.1, 0.15) is 34.1 Å². The molecule has 0 unspecified atom stereocenters. The smallest absolute Gasteiger partial charge is 0.290 e. The van der Waals surface area contributed by atoms with Gasteiger partial charge in [0.2, 0.25) is 5.76 Å². The normalized spacial score (nSPS) is 16.1. The van der Waals surface area contributed by atoms with Gasteiger partial charge in [0.05, 0.1) is 17.0 Å². The first kappa shape index (κ1) is 19.3. The van der Waals surface area contributed by atoms with Crippen LogP contribution in [0.2, 0.25) is 0 Å². The molecule has 0 saturated heterocycles. The van der Waals surface area contributed by atoms with Crippen molar-refractivity contribution in [3.8, 4) is 0 Å². The average molecular weight is 398 g/mol. The van der Waals surface area contributed by atoms with Gasteiger partial charge in [0.25, 0.3) is 5.91 Å². The van der Waals surface area contributed by atoms with Crippen molar-refractivity contribution in [2.45, 2.75) is 12.5 Å². The summed E-state index contributed by atoms with van der Waals surface area (Å²) in [6.45, 7) is 1.04. The molecule has 1 aliphatic rings. The van der Waals surface area contributed by atoms with Gasteiger partial charge >= 0.3 is 0 Å². The van der Waals surface area contributed by atoms with Crippen molar-refractivity contribution in [2.24, 2.45) is 0 Å². The van der Waals surface area contributed by atoms with Crippen LogP contribution in [0, 0.1) is 11.6 Å². The van der Waals surface area contributed by atoms with Crippen LogP contribution in [0.4, 0.5) is 8.78 Å². The fourth-order valence-electron chi connectivity index (χ4n) is 3.80. The Bertz CT molecular complexity index is 1160. The van der Waals surface area contributed by atoms with Gasteiger partial charge < -0.3 is 14.2 Å². The van der Waals surface area contributed by atoms with Gasteiger partial charge in [-0.25, -0.2) is 8.78 Å². The quantitative estimate of drug-likeness (QED) is 0.659. The van der Waals surface area contributed by atoms with E-state index in [4.69, 9.17) is 4.42 Å². The number of carbonyl (C=O) groups excluding carboxylic acids is 1. The Morgan fingerprint density at radius 3 is 2.59 bits per heavy atom. The molecule has 1 aliphatic heterocycles. The lowest BCUT2D eigenvalue weighted by Crippen LogP contribution is -2.32. The highest BCUT2D eigenvalue weighted by atomic mass is 19.1. The highest BCUT2D eigenvalue weighted by molar-refractivity contribution is 5.99. The fraction of sp³-hybridized carbons (Fsp3) is 0.273. The molecule has 0 spiro atoms. The van der Waals surface area contributed by atoms with Crippen molar-refractivity contribution in [2.75, 3.05) is 27.2 Å². The molecule has 0 bridgehead atoms. The number of halogens is 2. The number of hydrogen-bond acceptors (Lipinski definition) is 4. The second-order valence-corrected chi connectivity index (χ2v) is 7.39. The second-order valence-electron chi connectivity index (χ2n) is 7.39. The second kappa shape index (κ2) is 7.40. The van der Waals surface area contributed by atoms with E-state index in [9.17, 15) is 18.4 Å². The van der Waals surface area contributed by atoms with Gasteiger partial charge in [0.15, 0.2) is 5.43 Å². The predicted octanol–water partition coefficient (Wildman–Crippen LogP) is 3.57. The van der Waals surface area contributed by atoms with Gasteiger partial charge in [-0.1, -0.05) is 18.2 Å². The van der Waals surface area contributed by atoms with Crippen molar-refractivity contribution in [3.05, 3.63) is 81.2 Å². The molecule has 0 aliphatic carbocycles. The van der Waals surface area contributed by atoms with E-state index < -0.39 is 29.0 Å². The van der Waals surface area contributed by atoms with Crippen LogP contribution >= 0.6 is 0 Å². The highest BCUT2D eigenvalue weighted by Gasteiger charge is 2.43. The number of amides is 1. The molecule has 4 rings (SSSR count). The molecular weight excluding hydrogens is 378 g/mol. The van der Waals surface area contributed by atoms with Crippen LogP contribution in [0.15, 0.2) is 51.7 Å². The molecule has 150 valence electrons. The molecule has 29 heavy (non-hydrogen) atoms. The van der Waals surface area contributed by atoms with Crippen molar-refractivity contribution in [1.29, 1.82) is 0 Å². The first-order valence-corrected chi connectivity index (χ1v) is 9.35. The predicted molar refractivity (Wildman–Crippen MR) is 105 cm³/mol. The Balaban J connectivity index is 1.91. The van der Waals surface area contributed by atoms with E-state index in [0.717, 1.165) is 12.6 Å². The third-order valence-electron chi connectivity index (χ3n) is 5.13. The van der Waals surface area contributed by atoms with Crippen molar-refractivity contribution >= 4 is 16.9 Å². The molecule has 0 N–H and O–H groups in total. The molecule has 1 aromatic heterocycles. The maximum Gasteiger partial charge on any atom is 0.290 e. The molecule has 0 saturated carbocycles. The lowest BCUT2D eigenvalue weighted by atomic mass is 9.98. The number of rotatable bonds is 5. The summed E-state index contributed by atoms with van der Waals surface area (Å²) in [6, 6.07) is 8.71. The summed E-state index contributed by atoms with van der Waals surface area (Å²) in [7, 11) is 3.84. The summed E-state index contributed by atoms with van der Waals surface area (Å²) in [6.07, 6.45) is 0.639. The standard InChI is InChI=1S/C22H20F2N2O3/c1-25(2)10-5-11-26-19(14-6-3-4-7-16(14)24)18-20(27)15-12-13(23)8-9-17(15)29-21(18)22(26)28/h3-4,6-9,12,19H,5,10-11H2,1-2H3/t19-/m1/s1. The Kier molecular flexibility index (Phi) is 4.92. The summed E-state index contributed by atoms with van der Waals surface area (Å²) in [5.74, 6) is -1.67. The summed E-state index contributed by atoms with van der Waals surface area (Å²) >= 11 is 0. The fourth-order valence-corrected chi connectivity index (χ4v) is 3.80. The third-order valence-corrected chi connectivity index (χ3v) is 5.13. The Labute approximate surface area is 166 Å². The molecule has 3 aromatic rings. The van der Waals surface area contributed by atoms with Gasteiger partial charge in [0.1, 0.15) is 17.2 Å². The van der Waals surface area contributed by atoms with Gasteiger partial charge in [0, 0.05) is 12.1 Å². The molecule has 5 nitrogen and oxygen atoms in total. The summed E-state index contributed by atoms with van der Waals surface area (Å²) in [5.41, 5.74) is -0.112. The molecule has 0 radical (unpaired) electrons. The number of hydrogen-bond donors (Lipinski definition) is 0. The van der Waals surface area contributed by atoms with E-state index in [0.29, 0.717) is 13.0 Å². The monoisotopic (exact) mass is 398 g/mol. The zero-order valence-corrected chi connectivity index (χ0v) is 16.1. The van der Waals surface area contributed by atoms with E-state index in [2.05, 4.69) is 0 Å². The van der Waals surface area contributed by atoms with Crippen LogP contribution in [0.3, 0.4) is 0 Å². The van der Waals surface area contributed by atoms with Gasteiger partial charge in [-0.3, -0.25) is 9.59 Å². The van der Waals surface area contributed by atoms with Crippen molar-refractivity contribution in [1.82, 2.24) is 9.80 Å². The first-order chi connectivity index (χ1) is 13.9. The van der Waals surface area contributed by atoms with Crippen LogP contribution in [0.5, 0.6) is 0 Å². The minimum absolute atomic E-state index is 0.0352. The van der Waals surface area contributed by atoms with Gasteiger partial charge in [-0.05, 0) is 51.3 Å². The topological polar surface area (TPSA) is 53.8 Å². The molecule has 2 heterocycles. The van der Waals surface area contributed by atoms with Crippen LogP contribution < -0.4 is 5.43 Å². The van der Waals surface area contributed by atoms with Crippen molar-refractivity contribution < 1.29 is 18.0 Å². The number of nitrogens with zero attached hydrogens (tertiary/aromatic N) is 2. The maximum absolute atomic E-state index is 14.7. The molecule has 0 fully saturated rings. The van der Waals surface area contributed by atoms with E-state index in [1.54, 1.807) is 18.2 Å². The summed E-state index contributed by atoms with van der Waals surface area (Å²) < 4.78 is 34.1. The number of carbonyl (C=O) groups is 1. The van der Waals surface area contributed by atoms with E-state index in [1.165, 1.54) is 23.1 Å². The van der Waals surface area contributed by atoms with Gasteiger partial charge in [-0.15, -0.1) is 0 Å². The van der Waals surface area contributed by atoms with Crippen LogP contribution in [-0.2, 0) is 0 Å². The first-order valence-electron chi connectivity index (χ1n) is 9.35. The molecule has 2 aromatic carbocycles. The molecule has 1 atom stereocenters. The molecule has 1 amide bonds.